The molecule has 0 fully saturated rings. The first-order valence-corrected chi connectivity index (χ1v) is 5.66. The first kappa shape index (κ1) is 11.1. The number of thiocarbonyl (C=S) groups is 1. The number of hydrogen-bond donors (Lipinski definition) is 1. The molecule has 0 aliphatic carbocycles. The molecule has 16 heavy (non-hydrogen) atoms. The Labute approximate surface area is 105 Å². The van der Waals surface area contributed by atoms with E-state index < -0.39 is 0 Å². The fraction of sp³-hybridized carbons (Fsp3) is 0. The highest BCUT2D eigenvalue weighted by atomic mass is 35.5. The van der Waals surface area contributed by atoms with Crippen LogP contribution in [0.2, 0.25) is 5.02 Å². The van der Waals surface area contributed by atoms with Crippen molar-refractivity contribution in [2.45, 2.75) is 0 Å². The van der Waals surface area contributed by atoms with Gasteiger partial charge in [0.2, 0.25) is 0 Å². The van der Waals surface area contributed by atoms with Crippen LogP contribution in [0.3, 0.4) is 0 Å². The second-order valence-electron chi connectivity index (χ2n) is 3.33. The molecule has 0 aromatic heterocycles. The molecule has 0 aliphatic heterocycles. The number of anilines is 1. The Morgan fingerprint density at radius 2 is 1.75 bits per heavy atom. The van der Waals surface area contributed by atoms with E-state index in [-0.39, 0.29) is 0 Å². The van der Waals surface area contributed by atoms with E-state index in [1.54, 1.807) is 0 Å². The Bertz CT molecular complexity index is 496. The molecule has 0 heterocycles. The summed E-state index contributed by atoms with van der Waals surface area (Å²) in [6.07, 6.45) is 0. The standard InChI is InChI=1S/C13H10ClNS/c14-11-6-4-5-10(9-11)13(16)15-12-7-2-1-3-8-12/h1-9H,(H,15,16). The SMILES string of the molecule is S=C(Nc1ccccc1)c1cccc(Cl)c1. The third-order valence-electron chi connectivity index (χ3n) is 2.12. The molecule has 0 amide bonds. The highest BCUT2D eigenvalue weighted by molar-refractivity contribution is 7.81. The molecule has 80 valence electrons. The predicted molar refractivity (Wildman–Crippen MR) is 73.2 cm³/mol. The Morgan fingerprint density at radius 1 is 1.00 bits per heavy atom. The Kier molecular flexibility index (Phi) is 3.54. The Balaban J connectivity index is 2.15. The second kappa shape index (κ2) is 5.10. The zero-order chi connectivity index (χ0) is 11.4. The zero-order valence-electron chi connectivity index (χ0n) is 8.48. The summed E-state index contributed by atoms with van der Waals surface area (Å²) in [5, 5.41) is 3.85. The van der Waals surface area contributed by atoms with E-state index in [1.807, 2.05) is 54.6 Å². The summed E-state index contributed by atoms with van der Waals surface area (Å²) in [5.74, 6) is 0. The lowest BCUT2D eigenvalue weighted by Gasteiger charge is -2.07. The molecular weight excluding hydrogens is 238 g/mol. The quantitative estimate of drug-likeness (QED) is 0.801. The molecule has 0 radical (unpaired) electrons. The molecule has 2 aromatic rings. The van der Waals surface area contributed by atoms with Crippen LogP contribution in [-0.2, 0) is 0 Å². The normalized spacial score (nSPS) is 9.81. The monoisotopic (exact) mass is 247 g/mol. The molecule has 0 aliphatic rings. The first-order valence-electron chi connectivity index (χ1n) is 4.88. The van der Waals surface area contributed by atoms with Gasteiger partial charge in [-0.1, -0.05) is 54.2 Å². The van der Waals surface area contributed by atoms with Crippen LogP contribution < -0.4 is 5.32 Å². The molecular formula is C13H10ClNS. The van der Waals surface area contributed by atoms with E-state index in [0.29, 0.717) is 10.0 Å². The lowest BCUT2D eigenvalue weighted by Crippen LogP contribution is -2.09. The van der Waals surface area contributed by atoms with Gasteiger partial charge in [-0.05, 0) is 24.3 Å². The number of hydrogen-bond acceptors (Lipinski definition) is 1. The summed E-state index contributed by atoms with van der Waals surface area (Å²) < 4.78 is 0. The Hall–Kier alpha value is -1.38. The molecule has 1 N–H and O–H groups in total. The number of para-hydroxylation sites is 1. The number of nitrogens with one attached hydrogen (secondary N) is 1. The van der Waals surface area contributed by atoms with Gasteiger partial charge < -0.3 is 5.32 Å². The minimum atomic E-state index is 0.675. The van der Waals surface area contributed by atoms with Gasteiger partial charge in [0.05, 0.1) is 0 Å². The van der Waals surface area contributed by atoms with E-state index in [9.17, 15) is 0 Å². The average Bonchev–Trinajstić information content (AvgIpc) is 2.30. The molecule has 0 bridgehead atoms. The van der Waals surface area contributed by atoms with Gasteiger partial charge in [-0.15, -0.1) is 0 Å². The fourth-order valence-corrected chi connectivity index (χ4v) is 1.79. The smallest absolute Gasteiger partial charge is 0.111 e. The summed E-state index contributed by atoms with van der Waals surface area (Å²) in [4.78, 5) is 0.675. The third kappa shape index (κ3) is 2.81. The molecule has 0 atom stereocenters. The van der Waals surface area contributed by atoms with E-state index in [1.165, 1.54) is 0 Å². The highest BCUT2D eigenvalue weighted by Crippen LogP contribution is 2.13. The van der Waals surface area contributed by atoms with Gasteiger partial charge in [0.25, 0.3) is 0 Å². The minimum absolute atomic E-state index is 0.675. The van der Waals surface area contributed by atoms with Crippen molar-refractivity contribution in [2.24, 2.45) is 0 Å². The van der Waals surface area contributed by atoms with Gasteiger partial charge in [-0.3, -0.25) is 0 Å². The van der Waals surface area contributed by atoms with Gasteiger partial charge >= 0.3 is 0 Å². The van der Waals surface area contributed by atoms with Crippen molar-refractivity contribution in [3.05, 3.63) is 65.2 Å². The van der Waals surface area contributed by atoms with Crippen molar-refractivity contribution >= 4 is 34.5 Å². The molecule has 1 nitrogen and oxygen atoms in total. The zero-order valence-corrected chi connectivity index (χ0v) is 10.1. The van der Waals surface area contributed by atoms with Gasteiger partial charge in [0, 0.05) is 16.3 Å². The van der Waals surface area contributed by atoms with Gasteiger partial charge in [-0.25, -0.2) is 0 Å². The van der Waals surface area contributed by atoms with Gasteiger partial charge in [-0.2, -0.15) is 0 Å². The lowest BCUT2D eigenvalue weighted by molar-refractivity contribution is 1.61. The van der Waals surface area contributed by atoms with Crippen molar-refractivity contribution < 1.29 is 0 Å². The van der Waals surface area contributed by atoms with E-state index in [4.69, 9.17) is 23.8 Å². The van der Waals surface area contributed by atoms with E-state index >= 15 is 0 Å². The maximum absolute atomic E-state index is 5.90. The molecule has 0 saturated carbocycles. The Morgan fingerprint density at radius 3 is 2.44 bits per heavy atom. The van der Waals surface area contributed by atoms with Crippen molar-refractivity contribution in [1.82, 2.24) is 0 Å². The molecule has 3 heteroatoms. The lowest BCUT2D eigenvalue weighted by atomic mass is 10.2. The third-order valence-corrected chi connectivity index (χ3v) is 2.69. The van der Waals surface area contributed by atoms with Crippen molar-refractivity contribution in [2.75, 3.05) is 5.32 Å². The number of halogens is 1. The van der Waals surface area contributed by atoms with Crippen LogP contribution in [0.15, 0.2) is 54.6 Å². The van der Waals surface area contributed by atoms with Crippen LogP contribution >= 0.6 is 23.8 Å². The average molecular weight is 248 g/mol. The van der Waals surface area contributed by atoms with Crippen LogP contribution in [0, 0.1) is 0 Å². The molecule has 0 spiro atoms. The van der Waals surface area contributed by atoms with Gasteiger partial charge in [0.1, 0.15) is 4.99 Å². The summed E-state index contributed by atoms with van der Waals surface area (Å²) in [6.45, 7) is 0. The summed E-state index contributed by atoms with van der Waals surface area (Å²) in [6, 6.07) is 17.3. The van der Waals surface area contributed by atoms with Crippen LogP contribution in [0.1, 0.15) is 5.56 Å². The summed E-state index contributed by atoms with van der Waals surface area (Å²) in [7, 11) is 0. The number of benzene rings is 2. The second-order valence-corrected chi connectivity index (χ2v) is 4.18. The molecule has 0 unspecified atom stereocenters. The largest absolute Gasteiger partial charge is 0.346 e. The summed E-state index contributed by atoms with van der Waals surface area (Å²) >= 11 is 11.2. The number of rotatable bonds is 2. The molecule has 2 aromatic carbocycles. The molecule has 2 rings (SSSR count). The highest BCUT2D eigenvalue weighted by Gasteiger charge is 2.01. The van der Waals surface area contributed by atoms with Crippen molar-refractivity contribution in [1.29, 1.82) is 0 Å². The minimum Gasteiger partial charge on any atom is -0.346 e. The molecule has 0 saturated heterocycles. The maximum Gasteiger partial charge on any atom is 0.111 e. The topological polar surface area (TPSA) is 12.0 Å². The van der Waals surface area contributed by atoms with Crippen molar-refractivity contribution in [3.63, 3.8) is 0 Å². The van der Waals surface area contributed by atoms with Crippen LogP contribution in [-0.4, -0.2) is 4.99 Å². The fourth-order valence-electron chi connectivity index (χ4n) is 1.35. The van der Waals surface area contributed by atoms with E-state index in [0.717, 1.165) is 11.3 Å². The van der Waals surface area contributed by atoms with Crippen LogP contribution in [0.4, 0.5) is 5.69 Å². The van der Waals surface area contributed by atoms with E-state index in [2.05, 4.69) is 5.32 Å². The first-order chi connectivity index (χ1) is 7.75. The summed E-state index contributed by atoms with van der Waals surface area (Å²) in [5.41, 5.74) is 1.90. The predicted octanol–water partition coefficient (Wildman–Crippen LogP) is 4.13. The van der Waals surface area contributed by atoms with Crippen molar-refractivity contribution in [3.8, 4) is 0 Å². The maximum atomic E-state index is 5.90. The van der Waals surface area contributed by atoms with Gasteiger partial charge in [0.15, 0.2) is 0 Å². The van der Waals surface area contributed by atoms with Crippen LogP contribution in [0.5, 0.6) is 0 Å². The van der Waals surface area contributed by atoms with Crippen LogP contribution in [0.25, 0.3) is 0 Å².